The monoisotopic (exact) mass is 437 g/mol. The van der Waals surface area contributed by atoms with Gasteiger partial charge in [0.25, 0.3) is 0 Å². The van der Waals surface area contributed by atoms with Crippen molar-refractivity contribution < 1.29 is 27.1 Å². The van der Waals surface area contributed by atoms with Crippen LogP contribution in [0.3, 0.4) is 0 Å². The highest BCUT2D eigenvalue weighted by Gasteiger charge is 2.42. The van der Waals surface area contributed by atoms with E-state index in [-0.39, 0.29) is 37.1 Å². The first-order valence-electron chi connectivity index (χ1n) is 10.5. The minimum absolute atomic E-state index is 0.0447. The van der Waals surface area contributed by atoms with E-state index in [0.717, 1.165) is 22.3 Å². The van der Waals surface area contributed by atoms with Gasteiger partial charge in [-0.15, -0.1) is 0 Å². The Bertz CT molecular complexity index is 887. The Morgan fingerprint density at radius 2 is 1.77 bits per heavy atom. The van der Waals surface area contributed by atoms with Gasteiger partial charge >= 0.3 is 12.1 Å². The number of methoxy groups -OCH3 is 1. The third-order valence-corrected chi connectivity index (χ3v) is 6.00. The van der Waals surface area contributed by atoms with Gasteiger partial charge in [-0.25, -0.2) is 4.39 Å². The first kappa shape index (κ1) is 23.3. The number of alkyl halides is 3. The Morgan fingerprint density at radius 3 is 2.32 bits per heavy atom. The fourth-order valence-corrected chi connectivity index (χ4v) is 4.30. The van der Waals surface area contributed by atoms with E-state index >= 15 is 0 Å². The fraction of sp³-hybridized carbons (Fsp3) is 0.458. The van der Waals surface area contributed by atoms with Crippen LogP contribution in [0.5, 0.6) is 0 Å². The number of piperidine rings is 1. The molecule has 1 heterocycles. The van der Waals surface area contributed by atoms with Crippen LogP contribution in [0.4, 0.5) is 17.6 Å². The molecule has 2 aromatic carbocycles. The van der Waals surface area contributed by atoms with Crippen LogP contribution in [0, 0.1) is 11.7 Å². The van der Waals surface area contributed by atoms with Gasteiger partial charge < -0.3 is 4.74 Å². The van der Waals surface area contributed by atoms with Crippen molar-refractivity contribution in [1.82, 2.24) is 4.90 Å². The number of carbonyl (C=O) groups is 1. The van der Waals surface area contributed by atoms with E-state index in [2.05, 4.69) is 0 Å². The van der Waals surface area contributed by atoms with Crippen molar-refractivity contribution in [2.45, 2.75) is 44.8 Å². The topological polar surface area (TPSA) is 29.5 Å². The van der Waals surface area contributed by atoms with Crippen LogP contribution >= 0.6 is 0 Å². The summed E-state index contributed by atoms with van der Waals surface area (Å²) >= 11 is 0. The molecule has 0 saturated carbocycles. The molecule has 2 aromatic rings. The van der Waals surface area contributed by atoms with Crippen LogP contribution in [0.15, 0.2) is 42.5 Å². The van der Waals surface area contributed by atoms with Crippen molar-refractivity contribution in [1.29, 1.82) is 0 Å². The van der Waals surface area contributed by atoms with Crippen molar-refractivity contribution in [2.75, 3.05) is 20.2 Å². The highest BCUT2D eigenvalue weighted by Crippen LogP contribution is 2.39. The molecule has 31 heavy (non-hydrogen) atoms. The molecule has 168 valence electrons. The predicted molar refractivity (Wildman–Crippen MR) is 110 cm³/mol. The standard InChI is InChI=1S/C24H27F4NO2/c1-3-17-14-16(15-22(30)31-2)4-9-21(17)23(18-5-7-20(25)8-6-18)29-12-10-19(11-13-29)24(26,27)28/h4-9,14,19,23H,3,10-13,15H2,1-2H3. The predicted octanol–water partition coefficient (Wildman–Crippen LogP) is 5.47. The molecule has 1 saturated heterocycles. The molecule has 3 nitrogen and oxygen atoms in total. The normalized spacial score (nSPS) is 16.8. The zero-order chi connectivity index (χ0) is 22.6. The lowest BCUT2D eigenvalue weighted by molar-refractivity contribution is -0.185. The highest BCUT2D eigenvalue weighted by atomic mass is 19.4. The molecule has 1 unspecified atom stereocenters. The largest absolute Gasteiger partial charge is 0.469 e. The number of nitrogens with zero attached hydrogens (tertiary/aromatic N) is 1. The zero-order valence-corrected chi connectivity index (χ0v) is 17.7. The molecule has 1 fully saturated rings. The fourth-order valence-electron chi connectivity index (χ4n) is 4.30. The van der Waals surface area contributed by atoms with Gasteiger partial charge in [-0.1, -0.05) is 37.3 Å². The van der Waals surface area contributed by atoms with Gasteiger partial charge in [-0.3, -0.25) is 9.69 Å². The van der Waals surface area contributed by atoms with Gasteiger partial charge in [0.1, 0.15) is 5.82 Å². The molecule has 0 spiro atoms. The second kappa shape index (κ2) is 9.81. The molecule has 1 aliphatic heterocycles. The van der Waals surface area contributed by atoms with Crippen molar-refractivity contribution in [3.05, 3.63) is 70.5 Å². The average molecular weight is 437 g/mol. The molecule has 1 aliphatic rings. The quantitative estimate of drug-likeness (QED) is 0.444. The summed E-state index contributed by atoms with van der Waals surface area (Å²) in [7, 11) is 1.34. The number of esters is 1. The van der Waals surface area contributed by atoms with Crippen LogP contribution in [0.1, 0.15) is 48.1 Å². The maximum absolute atomic E-state index is 13.5. The summed E-state index contributed by atoms with van der Waals surface area (Å²) in [6.07, 6.45) is -3.24. The molecule has 0 bridgehead atoms. The average Bonchev–Trinajstić information content (AvgIpc) is 2.75. The van der Waals surface area contributed by atoms with E-state index in [4.69, 9.17) is 4.74 Å². The minimum Gasteiger partial charge on any atom is -0.469 e. The van der Waals surface area contributed by atoms with Gasteiger partial charge in [0, 0.05) is 0 Å². The van der Waals surface area contributed by atoms with E-state index in [1.54, 1.807) is 12.1 Å². The molecule has 1 atom stereocenters. The van der Waals surface area contributed by atoms with E-state index in [1.807, 2.05) is 30.0 Å². The number of hydrogen-bond donors (Lipinski definition) is 0. The Balaban J connectivity index is 1.95. The summed E-state index contributed by atoms with van der Waals surface area (Å²) in [6, 6.07) is 11.6. The molecule has 0 amide bonds. The summed E-state index contributed by atoms with van der Waals surface area (Å²) in [6.45, 7) is 2.61. The van der Waals surface area contributed by atoms with Gasteiger partial charge in [-0.05, 0) is 66.7 Å². The molecule has 0 aromatic heterocycles. The number of likely N-dealkylation sites (tertiary alicyclic amines) is 1. The maximum Gasteiger partial charge on any atom is 0.391 e. The molecule has 0 aliphatic carbocycles. The van der Waals surface area contributed by atoms with Crippen molar-refractivity contribution in [2.24, 2.45) is 5.92 Å². The molecule has 3 rings (SSSR count). The second-order valence-electron chi connectivity index (χ2n) is 7.95. The van der Waals surface area contributed by atoms with E-state index in [0.29, 0.717) is 19.5 Å². The Morgan fingerprint density at radius 1 is 1.13 bits per heavy atom. The number of aryl methyl sites for hydroxylation is 1. The maximum atomic E-state index is 13.5. The number of ether oxygens (including phenoxy) is 1. The van der Waals surface area contributed by atoms with Gasteiger partial charge in [-0.2, -0.15) is 13.2 Å². The smallest absolute Gasteiger partial charge is 0.391 e. The van der Waals surface area contributed by atoms with Crippen molar-refractivity contribution in [3.8, 4) is 0 Å². The molecule has 0 N–H and O–H groups in total. The van der Waals surface area contributed by atoms with Crippen LogP contribution in [0.25, 0.3) is 0 Å². The Labute approximate surface area is 180 Å². The van der Waals surface area contributed by atoms with Crippen molar-refractivity contribution >= 4 is 5.97 Å². The van der Waals surface area contributed by atoms with Gasteiger partial charge in [0.15, 0.2) is 0 Å². The molecule has 0 radical (unpaired) electrons. The lowest BCUT2D eigenvalue weighted by Gasteiger charge is -2.39. The van der Waals surface area contributed by atoms with Crippen molar-refractivity contribution in [3.63, 3.8) is 0 Å². The van der Waals surface area contributed by atoms with Gasteiger partial charge in [0.2, 0.25) is 0 Å². The molecular weight excluding hydrogens is 410 g/mol. The number of benzene rings is 2. The first-order valence-corrected chi connectivity index (χ1v) is 10.5. The van der Waals surface area contributed by atoms with Crippen LogP contribution < -0.4 is 0 Å². The van der Waals surface area contributed by atoms with E-state index in [9.17, 15) is 22.4 Å². The summed E-state index contributed by atoms with van der Waals surface area (Å²) in [4.78, 5) is 13.7. The van der Waals surface area contributed by atoms with Crippen LogP contribution in [-0.4, -0.2) is 37.2 Å². The van der Waals surface area contributed by atoms with E-state index in [1.165, 1.54) is 19.2 Å². The third kappa shape index (κ3) is 5.64. The Hall–Kier alpha value is -2.41. The number of hydrogen-bond acceptors (Lipinski definition) is 3. The lowest BCUT2D eigenvalue weighted by Crippen LogP contribution is -2.41. The molecular formula is C24H27F4NO2. The number of halogens is 4. The van der Waals surface area contributed by atoms with Crippen LogP contribution in [-0.2, 0) is 22.4 Å². The lowest BCUT2D eigenvalue weighted by atomic mass is 9.87. The van der Waals surface area contributed by atoms with E-state index < -0.39 is 12.1 Å². The number of carbonyl (C=O) groups excluding carboxylic acids is 1. The minimum atomic E-state index is -4.18. The Kier molecular flexibility index (Phi) is 7.36. The first-order chi connectivity index (χ1) is 14.7. The summed E-state index contributed by atoms with van der Waals surface area (Å²) in [5, 5.41) is 0. The summed E-state index contributed by atoms with van der Waals surface area (Å²) in [5.74, 6) is -1.98. The zero-order valence-electron chi connectivity index (χ0n) is 17.7. The van der Waals surface area contributed by atoms with Gasteiger partial charge in [0.05, 0.1) is 25.5 Å². The van der Waals surface area contributed by atoms with Crippen LogP contribution in [0.2, 0.25) is 0 Å². The summed E-state index contributed by atoms with van der Waals surface area (Å²) in [5.41, 5.74) is 3.63. The highest BCUT2D eigenvalue weighted by molar-refractivity contribution is 5.72. The SMILES string of the molecule is CCc1cc(CC(=O)OC)ccc1C(c1ccc(F)cc1)N1CCC(C(F)(F)F)CC1. The number of rotatable bonds is 6. The molecule has 7 heteroatoms. The summed E-state index contributed by atoms with van der Waals surface area (Å²) < 4.78 is 57.8. The second-order valence-corrected chi connectivity index (χ2v) is 7.95. The third-order valence-electron chi connectivity index (χ3n) is 6.00.